The maximum Gasteiger partial charge on any atom is 0.307 e. The van der Waals surface area contributed by atoms with Gasteiger partial charge in [-0.25, -0.2) is 5.43 Å². The SMILES string of the molecule is CCCOc1ccc2ccccc2c1/C=N\NC(=O)c1ccco1. The van der Waals surface area contributed by atoms with Gasteiger partial charge in [0.2, 0.25) is 0 Å². The lowest BCUT2D eigenvalue weighted by Crippen LogP contribution is -2.16. The molecule has 0 aliphatic carbocycles. The Morgan fingerprint density at radius 2 is 2.08 bits per heavy atom. The molecule has 5 nitrogen and oxygen atoms in total. The van der Waals surface area contributed by atoms with Crippen LogP contribution in [0.25, 0.3) is 10.8 Å². The van der Waals surface area contributed by atoms with E-state index in [-0.39, 0.29) is 5.76 Å². The molecule has 1 amide bonds. The van der Waals surface area contributed by atoms with E-state index in [0.29, 0.717) is 6.61 Å². The molecule has 0 saturated heterocycles. The Morgan fingerprint density at radius 3 is 2.88 bits per heavy atom. The van der Waals surface area contributed by atoms with Crippen LogP contribution in [-0.2, 0) is 0 Å². The van der Waals surface area contributed by atoms with Crippen LogP contribution in [0.1, 0.15) is 29.5 Å². The molecule has 0 fully saturated rings. The minimum Gasteiger partial charge on any atom is -0.493 e. The fourth-order valence-electron chi connectivity index (χ4n) is 2.36. The first-order valence-electron chi connectivity index (χ1n) is 7.81. The quantitative estimate of drug-likeness (QED) is 0.551. The number of hydrogen-bond donors (Lipinski definition) is 1. The fraction of sp³-hybridized carbons (Fsp3) is 0.158. The normalized spacial score (nSPS) is 11.0. The molecule has 2 aromatic carbocycles. The van der Waals surface area contributed by atoms with E-state index < -0.39 is 5.91 Å². The molecule has 122 valence electrons. The molecule has 0 atom stereocenters. The van der Waals surface area contributed by atoms with Crippen LogP contribution >= 0.6 is 0 Å². The summed E-state index contributed by atoms with van der Waals surface area (Å²) in [4.78, 5) is 11.9. The monoisotopic (exact) mass is 322 g/mol. The van der Waals surface area contributed by atoms with Crippen LogP contribution in [0.15, 0.2) is 64.3 Å². The molecule has 0 unspecified atom stereocenters. The van der Waals surface area contributed by atoms with Crippen molar-refractivity contribution >= 4 is 22.9 Å². The number of carbonyl (C=O) groups excluding carboxylic acids is 1. The predicted octanol–water partition coefficient (Wildman–Crippen LogP) is 3.99. The van der Waals surface area contributed by atoms with Gasteiger partial charge in [-0.1, -0.05) is 37.3 Å². The number of nitrogens with zero attached hydrogens (tertiary/aromatic N) is 1. The number of rotatable bonds is 6. The first kappa shape index (κ1) is 15.8. The highest BCUT2D eigenvalue weighted by Gasteiger charge is 2.09. The Balaban J connectivity index is 1.88. The van der Waals surface area contributed by atoms with E-state index in [9.17, 15) is 4.79 Å². The van der Waals surface area contributed by atoms with Gasteiger partial charge in [-0.3, -0.25) is 4.79 Å². The van der Waals surface area contributed by atoms with E-state index in [4.69, 9.17) is 9.15 Å². The van der Waals surface area contributed by atoms with Crippen LogP contribution in [0.4, 0.5) is 0 Å². The maximum absolute atomic E-state index is 11.9. The van der Waals surface area contributed by atoms with Gasteiger partial charge < -0.3 is 9.15 Å². The molecule has 1 aromatic heterocycles. The molecular weight excluding hydrogens is 304 g/mol. The average Bonchev–Trinajstić information content (AvgIpc) is 3.15. The van der Waals surface area contributed by atoms with Crippen molar-refractivity contribution in [1.29, 1.82) is 0 Å². The number of hydrogen-bond acceptors (Lipinski definition) is 4. The van der Waals surface area contributed by atoms with Gasteiger partial charge in [-0.15, -0.1) is 0 Å². The highest BCUT2D eigenvalue weighted by molar-refractivity contribution is 6.03. The lowest BCUT2D eigenvalue weighted by Gasteiger charge is -2.11. The Hall–Kier alpha value is -3.08. The van der Waals surface area contributed by atoms with Gasteiger partial charge in [0, 0.05) is 5.56 Å². The van der Waals surface area contributed by atoms with Gasteiger partial charge in [0.05, 0.1) is 19.1 Å². The fourth-order valence-corrected chi connectivity index (χ4v) is 2.36. The molecule has 24 heavy (non-hydrogen) atoms. The van der Waals surface area contributed by atoms with Crippen molar-refractivity contribution in [3.63, 3.8) is 0 Å². The van der Waals surface area contributed by atoms with Gasteiger partial charge in [-0.05, 0) is 35.4 Å². The van der Waals surface area contributed by atoms with E-state index in [0.717, 1.165) is 28.5 Å². The van der Waals surface area contributed by atoms with Crippen molar-refractivity contribution in [2.45, 2.75) is 13.3 Å². The van der Waals surface area contributed by atoms with Crippen LogP contribution in [0.2, 0.25) is 0 Å². The molecule has 5 heteroatoms. The lowest BCUT2D eigenvalue weighted by molar-refractivity contribution is 0.0927. The molecule has 0 aliphatic rings. The Kier molecular flexibility index (Phi) is 4.91. The number of nitrogens with one attached hydrogen (secondary N) is 1. The van der Waals surface area contributed by atoms with E-state index in [2.05, 4.69) is 17.5 Å². The van der Waals surface area contributed by atoms with Gasteiger partial charge in [0.1, 0.15) is 5.75 Å². The van der Waals surface area contributed by atoms with Crippen molar-refractivity contribution in [2.24, 2.45) is 5.10 Å². The zero-order chi connectivity index (χ0) is 16.8. The zero-order valence-electron chi connectivity index (χ0n) is 13.4. The first-order valence-corrected chi connectivity index (χ1v) is 7.81. The van der Waals surface area contributed by atoms with Crippen molar-refractivity contribution in [3.05, 3.63) is 66.1 Å². The number of ether oxygens (including phenoxy) is 1. The predicted molar refractivity (Wildman–Crippen MR) is 93.5 cm³/mol. The summed E-state index contributed by atoms with van der Waals surface area (Å²) in [5, 5.41) is 6.15. The summed E-state index contributed by atoms with van der Waals surface area (Å²) in [5.41, 5.74) is 3.30. The van der Waals surface area contributed by atoms with Gasteiger partial charge >= 0.3 is 5.91 Å². The standard InChI is InChI=1S/C19H18N2O3/c1-2-11-23-17-10-9-14-6-3-4-7-15(14)16(17)13-20-21-19(22)18-8-5-12-24-18/h3-10,12-13H,2,11H2,1H3,(H,21,22)/b20-13-. The molecule has 3 aromatic rings. The second-order valence-corrected chi connectivity index (χ2v) is 5.22. The number of fused-ring (bicyclic) bond motifs is 1. The third-order valence-corrected chi connectivity index (χ3v) is 3.50. The minimum absolute atomic E-state index is 0.215. The third kappa shape index (κ3) is 3.46. The Bertz CT molecular complexity index is 854. The van der Waals surface area contributed by atoms with Crippen molar-refractivity contribution < 1.29 is 13.9 Å². The summed E-state index contributed by atoms with van der Waals surface area (Å²) in [6, 6.07) is 15.1. The largest absolute Gasteiger partial charge is 0.493 e. The molecule has 0 spiro atoms. The molecule has 3 rings (SSSR count). The number of benzene rings is 2. The van der Waals surface area contributed by atoms with Crippen LogP contribution in [0, 0.1) is 0 Å². The molecule has 0 aliphatic heterocycles. The second kappa shape index (κ2) is 7.46. The van der Waals surface area contributed by atoms with E-state index in [1.165, 1.54) is 6.26 Å². The average molecular weight is 322 g/mol. The van der Waals surface area contributed by atoms with Crippen LogP contribution in [0.5, 0.6) is 5.75 Å². The summed E-state index contributed by atoms with van der Waals surface area (Å²) in [6.45, 7) is 2.68. The van der Waals surface area contributed by atoms with E-state index >= 15 is 0 Å². The number of amides is 1. The summed E-state index contributed by atoms with van der Waals surface area (Å²) >= 11 is 0. The Labute approximate surface area is 139 Å². The van der Waals surface area contributed by atoms with Crippen molar-refractivity contribution in [3.8, 4) is 5.75 Å². The summed E-state index contributed by atoms with van der Waals surface area (Å²) in [6.07, 6.45) is 3.97. The van der Waals surface area contributed by atoms with Crippen LogP contribution in [-0.4, -0.2) is 18.7 Å². The van der Waals surface area contributed by atoms with Gasteiger partial charge in [-0.2, -0.15) is 5.10 Å². The molecule has 1 heterocycles. The van der Waals surface area contributed by atoms with E-state index in [1.54, 1.807) is 18.3 Å². The van der Waals surface area contributed by atoms with Gasteiger partial charge in [0.15, 0.2) is 5.76 Å². The lowest BCUT2D eigenvalue weighted by atomic mass is 10.0. The van der Waals surface area contributed by atoms with E-state index in [1.807, 2.05) is 36.4 Å². The highest BCUT2D eigenvalue weighted by atomic mass is 16.5. The topological polar surface area (TPSA) is 63.8 Å². The first-order chi connectivity index (χ1) is 11.8. The summed E-state index contributed by atoms with van der Waals surface area (Å²) in [7, 11) is 0. The zero-order valence-corrected chi connectivity index (χ0v) is 13.4. The Morgan fingerprint density at radius 1 is 1.21 bits per heavy atom. The van der Waals surface area contributed by atoms with Gasteiger partial charge in [0.25, 0.3) is 0 Å². The number of furan rings is 1. The molecule has 0 bridgehead atoms. The highest BCUT2D eigenvalue weighted by Crippen LogP contribution is 2.26. The molecule has 0 radical (unpaired) electrons. The molecular formula is C19H18N2O3. The number of hydrazone groups is 1. The minimum atomic E-state index is -0.396. The van der Waals surface area contributed by atoms with Crippen LogP contribution < -0.4 is 10.2 Å². The van der Waals surface area contributed by atoms with Crippen molar-refractivity contribution in [1.82, 2.24) is 5.43 Å². The van der Waals surface area contributed by atoms with Crippen LogP contribution in [0.3, 0.4) is 0 Å². The molecule has 1 N–H and O–H groups in total. The summed E-state index contributed by atoms with van der Waals surface area (Å²) in [5.74, 6) is 0.562. The second-order valence-electron chi connectivity index (χ2n) is 5.22. The summed E-state index contributed by atoms with van der Waals surface area (Å²) < 4.78 is 10.8. The maximum atomic E-state index is 11.9. The number of carbonyl (C=O) groups is 1. The third-order valence-electron chi connectivity index (χ3n) is 3.50. The molecule has 0 saturated carbocycles. The smallest absolute Gasteiger partial charge is 0.307 e. The van der Waals surface area contributed by atoms with Crippen molar-refractivity contribution in [2.75, 3.05) is 6.61 Å².